The van der Waals surface area contributed by atoms with Crippen LogP contribution in [0.25, 0.3) is 10.9 Å². The van der Waals surface area contributed by atoms with Crippen molar-refractivity contribution in [3.63, 3.8) is 0 Å². The molecule has 0 radical (unpaired) electrons. The average molecular weight is 303 g/mol. The molecule has 0 aliphatic heterocycles. The lowest BCUT2D eigenvalue weighted by Gasteiger charge is -2.08. The largest absolute Gasteiger partial charge is 0.253 e. The van der Waals surface area contributed by atoms with E-state index in [-0.39, 0.29) is 5.38 Å². The molecule has 3 aromatic rings. The summed E-state index contributed by atoms with van der Waals surface area (Å²) in [7, 11) is 0. The summed E-state index contributed by atoms with van der Waals surface area (Å²) in [5.41, 5.74) is 3.08. The van der Waals surface area contributed by atoms with Crippen LogP contribution >= 0.6 is 22.9 Å². The molecule has 4 heteroatoms. The summed E-state index contributed by atoms with van der Waals surface area (Å²) in [6, 6.07) is 12.3. The van der Waals surface area contributed by atoms with Crippen molar-refractivity contribution >= 4 is 33.8 Å². The second-order valence-electron chi connectivity index (χ2n) is 4.85. The van der Waals surface area contributed by atoms with E-state index >= 15 is 0 Å². The first-order valence-electron chi connectivity index (χ1n) is 6.56. The second kappa shape index (κ2) is 5.51. The van der Waals surface area contributed by atoms with E-state index in [1.54, 1.807) is 11.3 Å². The topological polar surface area (TPSA) is 25.8 Å². The zero-order chi connectivity index (χ0) is 14.1. The van der Waals surface area contributed by atoms with Gasteiger partial charge in [-0.1, -0.05) is 24.3 Å². The quantitative estimate of drug-likeness (QED) is 0.648. The molecule has 0 N–H and O–H groups in total. The Morgan fingerprint density at radius 3 is 2.65 bits per heavy atom. The van der Waals surface area contributed by atoms with Gasteiger partial charge in [0.15, 0.2) is 0 Å². The van der Waals surface area contributed by atoms with Gasteiger partial charge in [-0.25, -0.2) is 4.98 Å². The Kier molecular flexibility index (Phi) is 3.72. The van der Waals surface area contributed by atoms with Crippen LogP contribution in [0.5, 0.6) is 0 Å². The Hall–Kier alpha value is -1.45. The highest BCUT2D eigenvalue weighted by Gasteiger charge is 2.16. The molecule has 0 aliphatic rings. The maximum absolute atomic E-state index is 6.54. The number of benzene rings is 1. The van der Waals surface area contributed by atoms with Crippen molar-refractivity contribution < 1.29 is 0 Å². The average Bonchev–Trinajstić information content (AvgIpc) is 2.78. The van der Waals surface area contributed by atoms with Gasteiger partial charge < -0.3 is 0 Å². The van der Waals surface area contributed by atoms with E-state index in [2.05, 4.69) is 28.2 Å². The smallest absolute Gasteiger partial charge is 0.0900 e. The predicted octanol–water partition coefficient (Wildman–Crippen LogP) is 4.83. The molecule has 0 saturated heterocycles. The van der Waals surface area contributed by atoms with Gasteiger partial charge in [-0.05, 0) is 26.0 Å². The summed E-state index contributed by atoms with van der Waals surface area (Å²) in [6.45, 7) is 4.03. The molecular formula is C16H15ClN2S. The lowest BCUT2D eigenvalue weighted by molar-refractivity contribution is 0.891. The maximum Gasteiger partial charge on any atom is 0.0900 e. The third-order valence-electron chi connectivity index (χ3n) is 3.27. The minimum atomic E-state index is -0.0603. The molecule has 2 heterocycles. The van der Waals surface area contributed by atoms with Gasteiger partial charge in [0.2, 0.25) is 0 Å². The number of thiazole rings is 1. The van der Waals surface area contributed by atoms with Crippen molar-refractivity contribution in [2.24, 2.45) is 0 Å². The highest BCUT2D eigenvalue weighted by Crippen LogP contribution is 2.32. The number of pyridine rings is 1. The van der Waals surface area contributed by atoms with E-state index in [4.69, 9.17) is 11.6 Å². The number of hydrogen-bond donors (Lipinski definition) is 0. The molecule has 1 aromatic carbocycles. The molecule has 1 unspecified atom stereocenters. The van der Waals surface area contributed by atoms with Crippen LogP contribution in [0.2, 0.25) is 0 Å². The minimum absolute atomic E-state index is 0.0603. The molecule has 0 amide bonds. The molecule has 2 aromatic heterocycles. The van der Waals surface area contributed by atoms with Crippen LogP contribution in [0, 0.1) is 13.8 Å². The van der Waals surface area contributed by atoms with Crippen LogP contribution in [-0.2, 0) is 6.42 Å². The SMILES string of the molecule is Cc1nc(C)c(C(Cl)Cc2ccc3ccccc3n2)s1. The number of halogens is 1. The standard InChI is InChI=1S/C16H15ClN2S/c1-10-16(20-11(2)18-10)14(17)9-13-8-7-12-5-3-4-6-15(12)19-13/h3-8,14H,9H2,1-2H3. The summed E-state index contributed by atoms with van der Waals surface area (Å²) < 4.78 is 0. The van der Waals surface area contributed by atoms with Crippen molar-refractivity contribution in [2.45, 2.75) is 25.6 Å². The van der Waals surface area contributed by atoms with Gasteiger partial charge in [0.05, 0.1) is 21.6 Å². The van der Waals surface area contributed by atoms with Gasteiger partial charge in [0.1, 0.15) is 0 Å². The molecule has 0 saturated carbocycles. The van der Waals surface area contributed by atoms with Gasteiger partial charge in [0.25, 0.3) is 0 Å². The number of aromatic nitrogens is 2. The van der Waals surface area contributed by atoms with Gasteiger partial charge in [-0.2, -0.15) is 0 Å². The molecule has 20 heavy (non-hydrogen) atoms. The van der Waals surface area contributed by atoms with Gasteiger partial charge >= 0.3 is 0 Å². The van der Waals surface area contributed by atoms with Crippen molar-refractivity contribution in [3.8, 4) is 0 Å². The van der Waals surface area contributed by atoms with Crippen LogP contribution in [0.3, 0.4) is 0 Å². The molecule has 0 bridgehead atoms. The van der Waals surface area contributed by atoms with Crippen LogP contribution in [0.15, 0.2) is 36.4 Å². The fourth-order valence-electron chi connectivity index (χ4n) is 2.34. The Balaban J connectivity index is 1.87. The van der Waals surface area contributed by atoms with E-state index < -0.39 is 0 Å². The van der Waals surface area contributed by atoms with Crippen LogP contribution in [-0.4, -0.2) is 9.97 Å². The predicted molar refractivity (Wildman–Crippen MR) is 85.6 cm³/mol. The molecule has 0 fully saturated rings. The monoisotopic (exact) mass is 302 g/mol. The van der Waals surface area contributed by atoms with Crippen molar-refractivity contribution in [3.05, 3.63) is 57.7 Å². The fourth-order valence-corrected chi connectivity index (χ4v) is 3.69. The first-order chi connectivity index (χ1) is 9.63. The number of para-hydroxylation sites is 1. The van der Waals surface area contributed by atoms with Crippen molar-refractivity contribution in [1.29, 1.82) is 0 Å². The highest BCUT2D eigenvalue weighted by molar-refractivity contribution is 7.12. The Labute approximate surface area is 127 Å². The molecule has 3 rings (SSSR count). The lowest BCUT2D eigenvalue weighted by Crippen LogP contribution is -1.98. The third kappa shape index (κ3) is 2.69. The molecular weight excluding hydrogens is 288 g/mol. The van der Waals surface area contributed by atoms with Crippen LogP contribution in [0.1, 0.15) is 26.6 Å². The Bertz CT molecular complexity index is 751. The fraction of sp³-hybridized carbons (Fsp3) is 0.250. The summed E-state index contributed by atoms with van der Waals surface area (Å²) in [5.74, 6) is 0. The third-order valence-corrected chi connectivity index (χ3v) is 4.96. The van der Waals surface area contributed by atoms with E-state index in [0.29, 0.717) is 0 Å². The first-order valence-corrected chi connectivity index (χ1v) is 7.81. The zero-order valence-electron chi connectivity index (χ0n) is 11.4. The van der Waals surface area contributed by atoms with Gasteiger partial charge in [-0.15, -0.1) is 22.9 Å². The van der Waals surface area contributed by atoms with Crippen molar-refractivity contribution in [1.82, 2.24) is 9.97 Å². The normalized spacial score (nSPS) is 12.8. The van der Waals surface area contributed by atoms with Gasteiger partial charge in [-0.3, -0.25) is 4.98 Å². The zero-order valence-corrected chi connectivity index (χ0v) is 13.0. The molecule has 0 aliphatic carbocycles. The van der Waals surface area contributed by atoms with E-state index in [0.717, 1.165) is 38.6 Å². The number of aryl methyl sites for hydroxylation is 2. The second-order valence-corrected chi connectivity index (χ2v) is 6.61. The number of fused-ring (bicyclic) bond motifs is 1. The molecule has 102 valence electrons. The van der Waals surface area contributed by atoms with Crippen LogP contribution < -0.4 is 0 Å². The van der Waals surface area contributed by atoms with Crippen LogP contribution in [0.4, 0.5) is 0 Å². The number of nitrogens with zero attached hydrogens (tertiary/aromatic N) is 2. The number of alkyl halides is 1. The van der Waals surface area contributed by atoms with Crippen molar-refractivity contribution in [2.75, 3.05) is 0 Å². The lowest BCUT2D eigenvalue weighted by atomic mass is 10.1. The molecule has 1 atom stereocenters. The number of hydrogen-bond acceptors (Lipinski definition) is 3. The van der Waals surface area contributed by atoms with Gasteiger partial charge in [0, 0.05) is 22.4 Å². The van der Waals surface area contributed by atoms with E-state index in [1.807, 2.05) is 32.0 Å². The minimum Gasteiger partial charge on any atom is -0.253 e. The Morgan fingerprint density at radius 1 is 1.10 bits per heavy atom. The number of rotatable bonds is 3. The summed E-state index contributed by atoms with van der Waals surface area (Å²) in [6.07, 6.45) is 0.731. The van der Waals surface area contributed by atoms with E-state index in [9.17, 15) is 0 Å². The maximum atomic E-state index is 6.54. The summed E-state index contributed by atoms with van der Waals surface area (Å²) >= 11 is 8.22. The Morgan fingerprint density at radius 2 is 1.90 bits per heavy atom. The summed E-state index contributed by atoms with van der Waals surface area (Å²) in [5, 5.41) is 2.16. The van der Waals surface area contributed by atoms with E-state index in [1.165, 1.54) is 0 Å². The first kappa shape index (κ1) is 13.5. The summed E-state index contributed by atoms with van der Waals surface area (Å²) in [4.78, 5) is 10.3. The molecule has 2 nitrogen and oxygen atoms in total. The highest BCUT2D eigenvalue weighted by atomic mass is 35.5. The molecule has 0 spiro atoms.